The van der Waals surface area contributed by atoms with E-state index in [9.17, 15) is 4.79 Å². The zero-order valence-electron chi connectivity index (χ0n) is 15.5. The minimum atomic E-state index is -0.108. The van der Waals surface area contributed by atoms with Gasteiger partial charge in [-0.25, -0.2) is 9.36 Å². The molecule has 5 nitrogen and oxygen atoms in total. The Balaban J connectivity index is 1.72. The van der Waals surface area contributed by atoms with Gasteiger partial charge in [-0.3, -0.25) is 4.79 Å². The van der Waals surface area contributed by atoms with E-state index in [1.165, 1.54) is 0 Å². The Morgan fingerprint density at radius 2 is 1.86 bits per heavy atom. The Bertz CT molecular complexity index is 1240. The molecule has 1 saturated carbocycles. The van der Waals surface area contributed by atoms with Crippen LogP contribution in [-0.4, -0.2) is 19.6 Å². The lowest BCUT2D eigenvalue weighted by molar-refractivity contribution is 0.626. The zero-order chi connectivity index (χ0) is 19.3. The minimum absolute atomic E-state index is 0.108. The number of aromatic nitrogens is 4. The predicted octanol–water partition coefficient (Wildman–Crippen LogP) is 4.58. The number of rotatable bonds is 4. The number of para-hydroxylation sites is 1. The van der Waals surface area contributed by atoms with Crippen LogP contribution in [0.4, 0.5) is 0 Å². The Hall–Kier alpha value is -2.73. The van der Waals surface area contributed by atoms with Crippen LogP contribution in [-0.2, 0) is 6.54 Å². The number of aryl methyl sites for hydroxylation is 1. The number of benzene rings is 2. The average molecular weight is 435 g/mol. The molecular formula is C22H19BrN4O. The molecule has 6 heteroatoms. The summed E-state index contributed by atoms with van der Waals surface area (Å²) in [5.41, 5.74) is 4.55. The number of hydrogen-bond acceptors (Lipinski definition) is 3. The molecule has 0 unspecified atom stereocenters. The molecule has 1 aliphatic carbocycles. The molecule has 0 aliphatic heterocycles. The first-order valence-electron chi connectivity index (χ1n) is 9.41. The smallest absolute Gasteiger partial charge is 0.265 e. The van der Waals surface area contributed by atoms with E-state index in [-0.39, 0.29) is 5.56 Å². The van der Waals surface area contributed by atoms with Crippen molar-refractivity contribution >= 4 is 26.8 Å². The van der Waals surface area contributed by atoms with Gasteiger partial charge in [0, 0.05) is 15.8 Å². The van der Waals surface area contributed by atoms with Crippen molar-refractivity contribution in [3.63, 3.8) is 0 Å². The van der Waals surface area contributed by atoms with Crippen LogP contribution < -0.4 is 5.56 Å². The number of fused-ring (bicyclic) bond motifs is 1. The van der Waals surface area contributed by atoms with Crippen molar-refractivity contribution < 1.29 is 0 Å². The Labute approximate surface area is 170 Å². The van der Waals surface area contributed by atoms with Crippen LogP contribution in [0.15, 0.2) is 64.0 Å². The van der Waals surface area contributed by atoms with Gasteiger partial charge in [0.15, 0.2) is 0 Å². The van der Waals surface area contributed by atoms with E-state index in [1.54, 1.807) is 15.6 Å². The van der Waals surface area contributed by atoms with Crippen LogP contribution >= 0.6 is 15.9 Å². The van der Waals surface area contributed by atoms with Gasteiger partial charge in [-0.15, -0.1) is 0 Å². The molecule has 0 radical (unpaired) electrons. The third kappa shape index (κ3) is 2.98. The molecule has 0 spiro atoms. The van der Waals surface area contributed by atoms with Gasteiger partial charge in [0.2, 0.25) is 0 Å². The SMILES string of the molecule is Cc1ccccc1-n1ncc2c(C3CC3)nn(Cc3ccc(Br)cc3)c(=O)c21. The third-order valence-electron chi connectivity index (χ3n) is 5.26. The predicted molar refractivity (Wildman–Crippen MR) is 113 cm³/mol. The standard InChI is InChI=1S/C22H19BrN4O/c1-14-4-2-3-5-19(14)27-21-18(12-24-27)20(16-8-9-16)25-26(22(21)28)13-15-6-10-17(23)11-7-15/h2-7,10-12,16H,8-9,13H2,1H3. The van der Waals surface area contributed by atoms with Gasteiger partial charge >= 0.3 is 0 Å². The number of nitrogens with zero attached hydrogens (tertiary/aromatic N) is 4. The molecular weight excluding hydrogens is 416 g/mol. The van der Waals surface area contributed by atoms with Crippen LogP contribution in [0.2, 0.25) is 0 Å². The fourth-order valence-electron chi connectivity index (χ4n) is 3.61. The molecule has 0 amide bonds. The highest BCUT2D eigenvalue weighted by atomic mass is 79.9. The van der Waals surface area contributed by atoms with Gasteiger partial charge < -0.3 is 0 Å². The van der Waals surface area contributed by atoms with Gasteiger partial charge in [0.05, 0.1) is 24.1 Å². The zero-order valence-corrected chi connectivity index (χ0v) is 17.1. The molecule has 2 aromatic heterocycles. The summed E-state index contributed by atoms with van der Waals surface area (Å²) < 4.78 is 4.39. The van der Waals surface area contributed by atoms with Crippen molar-refractivity contribution in [3.8, 4) is 5.69 Å². The van der Waals surface area contributed by atoms with Crippen LogP contribution in [0.25, 0.3) is 16.6 Å². The maximum Gasteiger partial charge on any atom is 0.293 e. The molecule has 0 atom stereocenters. The van der Waals surface area contributed by atoms with E-state index >= 15 is 0 Å². The Morgan fingerprint density at radius 3 is 2.57 bits per heavy atom. The first-order valence-corrected chi connectivity index (χ1v) is 10.2. The fourth-order valence-corrected chi connectivity index (χ4v) is 3.87. The summed E-state index contributed by atoms with van der Waals surface area (Å²) in [7, 11) is 0. The Morgan fingerprint density at radius 1 is 1.11 bits per heavy atom. The highest BCUT2D eigenvalue weighted by molar-refractivity contribution is 9.10. The Kier molecular flexibility index (Phi) is 4.16. The second-order valence-electron chi connectivity index (χ2n) is 7.35. The highest BCUT2D eigenvalue weighted by Gasteiger charge is 2.30. The molecule has 0 bridgehead atoms. The molecule has 0 saturated heterocycles. The maximum absolute atomic E-state index is 13.4. The van der Waals surface area contributed by atoms with Crippen molar-refractivity contribution in [2.45, 2.75) is 32.2 Å². The average Bonchev–Trinajstić information content (AvgIpc) is 3.44. The van der Waals surface area contributed by atoms with E-state index in [4.69, 9.17) is 5.10 Å². The second-order valence-corrected chi connectivity index (χ2v) is 8.27. The molecule has 28 heavy (non-hydrogen) atoms. The van der Waals surface area contributed by atoms with Gasteiger partial charge in [0.1, 0.15) is 5.52 Å². The largest absolute Gasteiger partial charge is 0.293 e. The summed E-state index contributed by atoms with van der Waals surface area (Å²) in [5, 5.41) is 10.2. The lowest BCUT2D eigenvalue weighted by Crippen LogP contribution is -2.26. The van der Waals surface area contributed by atoms with E-state index in [0.29, 0.717) is 18.0 Å². The van der Waals surface area contributed by atoms with E-state index in [2.05, 4.69) is 21.0 Å². The summed E-state index contributed by atoms with van der Waals surface area (Å²) in [6, 6.07) is 16.0. The van der Waals surface area contributed by atoms with Crippen molar-refractivity contribution in [2.24, 2.45) is 0 Å². The molecule has 4 aromatic rings. The number of hydrogen-bond donors (Lipinski definition) is 0. The van der Waals surface area contributed by atoms with Crippen molar-refractivity contribution in [1.82, 2.24) is 19.6 Å². The van der Waals surface area contributed by atoms with Crippen molar-refractivity contribution in [1.29, 1.82) is 0 Å². The quantitative estimate of drug-likeness (QED) is 0.472. The maximum atomic E-state index is 13.4. The van der Waals surface area contributed by atoms with E-state index in [0.717, 1.165) is 45.2 Å². The summed E-state index contributed by atoms with van der Waals surface area (Å²) in [6.45, 7) is 2.48. The molecule has 5 rings (SSSR count). The number of halogens is 1. The fraction of sp³-hybridized carbons (Fsp3) is 0.227. The normalized spacial score (nSPS) is 13.9. The van der Waals surface area contributed by atoms with Gasteiger partial charge in [-0.1, -0.05) is 46.3 Å². The molecule has 0 N–H and O–H groups in total. The van der Waals surface area contributed by atoms with Crippen LogP contribution in [0, 0.1) is 6.92 Å². The van der Waals surface area contributed by atoms with Crippen molar-refractivity contribution in [2.75, 3.05) is 0 Å². The first kappa shape index (κ1) is 17.4. The van der Waals surface area contributed by atoms with Crippen molar-refractivity contribution in [3.05, 3.63) is 86.4 Å². The first-order chi connectivity index (χ1) is 13.6. The van der Waals surface area contributed by atoms with Crippen LogP contribution in [0.5, 0.6) is 0 Å². The monoisotopic (exact) mass is 434 g/mol. The summed E-state index contributed by atoms with van der Waals surface area (Å²) in [6.07, 6.45) is 4.04. The molecule has 2 heterocycles. The topological polar surface area (TPSA) is 52.7 Å². The highest BCUT2D eigenvalue weighted by Crippen LogP contribution is 2.41. The molecule has 1 fully saturated rings. The van der Waals surface area contributed by atoms with E-state index in [1.807, 2.05) is 55.5 Å². The minimum Gasteiger partial charge on any atom is -0.265 e. The third-order valence-corrected chi connectivity index (χ3v) is 5.79. The van der Waals surface area contributed by atoms with E-state index < -0.39 is 0 Å². The lowest BCUT2D eigenvalue weighted by Gasteiger charge is -2.11. The summed E-state index contributed by atoms with van der Waals surface area (Å²) >= 11 is 3.46. The van der Waals surface area contributed by atoms with Gasteiger partial charge in [-0.05, 0) is 49.1 Å². The molecule has 140 valence electrons. The van der Waals surface area contributed by atoms with Crippen LogP contribution in [0.3, 0.4) is 0 Å². The lowest BCUT2D eigenvalue weighted by atomic mass is 10.1. The van der Waals surface area contributed by atoms with Gasteiger partial charge in [0.25, 0.3) is 5.56 Å². The molecule has 1 aliphatic rings. The molecule has 2 aromatic carbocycles. The summed E-state index contributed by atoms with van der Waals surface area (Å²) in [5.74, 6) is 0.425. The van der Waals surface area contributed by atoms with Gasteiger partial charge in [-0.2, -0.15) is 10.2 Å². The van der Waals surface area contributed by atoms with Crippen LogP contribution in [0.1, 0.15) is 35.6 Å². The summed E-state index contributed by atoms with van der Waals surface area (Å²) in [4.78, 5) is 13.4. The second kappa shape index (κ2) is 6.71.